The van der Waals surface area contributed by atoms with Crippen LogP contribution in [0.3, 0.4) is 0 Å². The minimum absolute atomic E-state index is 0.0465. The van der Waals surface area contributed by atoms with Crippen LogP contribution in [0.15, 0.2) is 29.4 Å². The molecule has 0 radical (unpaired) electrons. The number of likely N-dealkylation sites (tertiary alicyclic amines) is 1. The number of hydrogen-bond acceptors (Lipinski definition) is 6. The largest absolute Gasteiger partial charge is 0.496 e. The molecule has 0 saturated carbocycles. The van der Waals surface area contributed by atoms with Crippen molar-refractivity contribution in [1.82, 2.24) is 25.0 Å². The first-order chi connectivity index (χ1) is 15.1. The van der Waals surface area contributed by atoms with Gasteiger partial charge in [-0.05, 0) is 37.8 Å². The maximum atomic E-state index is 12.3. The van der Waals surface area contributed by atoms with Crippen molar-refractivity contribution in [3.63, 3.8) is 0 Å². The lowest BCUT2D eigenvalue weighted by Gasteiger charge is -2.20. The number of carbonyl (C=O) groups excluding carboxylic acids is 2. The van der Waals surface area contributed by atoms with Crippen molar-refractivity contribution in [3.05, 3.63) is 35.7 Å². The summed E-state index contributed by atoms with van der Waals surface area (Å²) in [6.45, 7) is 4.51. The number of aromatic nitrogens is 3. The predicted molar refractivity (Wildman–Crippen MR) is 120 cm³/mol. The van der Waals surface area contributed by atoms with Gasteiger partial charge in [0.15, 0.2) is 11.0 Å². The monoisotopic (exact) mass is 445 g/mol. The quantitative estimate of drug-likeness (QED) is 0.566. The summed E-state index contributed by atoms with van der Waals surface area (Å²) in [5, 5.41) is 12.2. The summed E-state index contributed by atoms with van der Waals surface area (Å²) in [6.07, 6.45) is 4.40. The maximum absolute atomic E-state index is 12.3. The molecule has 2 amide bonds. The van der Waals surface area contributed by atoms with Crippen LogP contribution >= 0.6 is 11.8 Å². The van der Waals surface area contributed by atoms with Crippen molar-refractivity contribution in [3.8, 4) is 5.75 Å². The highest BCUT2D eigenvalue weighted by atomic mass is 32.2. The third-order valence-corrected chi connectivity index (χ3v) is 6.32. The van der Waals surface area contributed by atoms with Gasteiger partial charge in [0.1, 0.15) is 5.75 Å². The van der Waals surface area contributed by atoms with Gasteiger partial charge in [-0.3, -0.25) is 9.59 Å². The van der Waals surface area contributed by atoms with Crippen LogP contribution < -0.4 is 10.1 Å². The van der Waals surface area contributed by atoms with Crippen LogP contribution in [0.1, 0.15) is 44.0 Å². The summed E-state index contributed by atoms with van der Waals surface area (Å²) in [5.41, 5.74) is 1.07. The molecule has 1 N–H and O–H groups in total. The van der Waals surface area contributed by atoms with E-state index in [2.05, 4.69) is 15.5 Å². The lowest BCUT2D eigenvalue weighted by molar-refractivity contribution is -0.131. The summed E-state index contributed by atoms with van der Waals surface area (Å²) in [6, 6.07) is 7.81. The van der Waals surface area contributed by atoms with Gasteiger partial charge in [-0.1, -0.05) is 36.4 Å². The molecule has 1 aliphatic heterocycles. The van der Waals surface area contributed by atoms with E-state index in [0.717, 1.165) is 42.9 Å². The normalized spacial score (nSPS) is 14.4. The molecule has 1 aromatic carbocycles. The average Bonchev–Trinajstić information content (AvgIpc) is 3.06. The summed E-state index contributed by atoms with van der Waals surface area (Å²) in [4.78, 5) is 26.5. The number of nitrogens with zero attached hydrogens (tertiary/aromatic N) is 4. The lowest BCUT2D eigenvalue weighted by Crippen LogP contribution is -2.31. The van der Waals surface area contributed by atoms with Gasteiger partial charge in [0.05, 0.1) is 19.4 Å². The van der Waals surface area contributed by atoms with E-state index in [1.54, 1.807) is 7.11 Å². The summed E-state index contributed by atoms with van der Waals surface area (Å²) >= 11 is 1.37. The number of benzene rings is 1. The standard InChI is InChI=1S/C22H31N5O3S/c1-3-27-19(15-26-14-8-4-5-11-21(26)29)24-25-22(27)31-16-20(28)23-13-12-17-9-6-7-10-18(17)30-2/h6-7,9-10H,3-5,8,11-16H2,1-2H3,(H,23,28). The molecule has 0 bridgehead atoms. The molecule has 2 heterocycles. The van der Waals surface area contributed by atoms with Gasteiger partial charge >= 0.3 is 0 Å². The Hall–Kier alpha value is -2.55. The van der Waals surface area contributed by atoms with Crippen molar-refractivity contribution in [2.45, 2.75) is 57.3 Å². The van der Waals surface area contributed by atoms with Crippen molar-refractivity contribution in [1.29, 1.82) is 0 Å². The number of methoxy groups -OCH3 is 1. The number of rotatable bonds is 10. The fourth-order valence-electron chi connectivity index (χ4n) is 3.66. The second-order valence-corrected chi connectivity index (χ2v) is 8.41. The molecule has 0 atom stereocenters. The summed E-state index contributed by atoms with van der Waals surface area (Å²) in [5.74, 6) is 2.02. The van der Waals surface area contributed by atoms with Gasteiger partial charge in [0.25, 0.3) is 0 Å². The van der Waals surface area contributed by atoms with E-state index in [1.165, 1.54) is 11.8 Å². The fourth-order valence-corrected chi connectivity index (χ4v) is 4.52. The minimum Gasteiger partial charge on any atom is -0.496 e. The number of ether oxygens (including phenoxy) is 1. The van der Waals surface area contributed by atoms with Gasteiger partial charge in [-0.25, -0.2) is 0 Å². The molecule has 1 aromatic heterocycles. The van der Waals surface area contributed by atoms with E-state index in [9.17, 15) is 9.59 Å². The van der Waals surface area contributed by atoms with Crippen LogP contribution in [0, 0.1) is 0 Å². The number of amides is 2. The Morgan fingerprint density at radius 3 is 2.87 bits per heavy atom. The first-order valence-electron chi connectivity index (χ1n) is 10.8. The molecule has 168 valence electrons. The zero-order chi connectivity index (χ0) is 22.1. The van der Waals surface area contributed by atoms with Crippen LogP contribution in [-0.4, -0.2) is 57.4 Å². The highest BCUT2D eigenvalue weighted by molar-refractivity contribution is 7.99. The maximum Gasteiger partial charge on any atom is 0.230 e. The number of hydrogen-bond donors (Lipinski definition) is 1. The van der Waals surface area contributed by atoms with E-state index in [1.807, 2.05) is 40.7 Å². The van der Waals surface area contributed by atoms with Crippen molar-refractivity contribution in [2.75, 3.05) is 26.0 Å². The Bertz CT molecular complexity index is 886. The topological polar surface area (TPSA) is 89.4 Å². The molecule has 1 saturated heterocycles. The van der Waals surface area contributed by atoms with Gasteiger partial charge in [0, 0.05) is 26.1 Å². The Morgan fingerprint density at radius 1 is 1.23 bits per heavy atom. The van der Waals surface area contributed by atoms with E-state index >= 15 is 0 Å². The molecule has 2 aromatic rings. The minimum atomic E-state index is -0.0465. The van der Waals surface area contributed by atoms with Crippen molar-refractivity contribution in [2.24, 2.45) is 0 Å². The zero-order valence-corrected chi connectivity index (χ0v) is 19.1. The Morgan fingerprint density at radius 2 is 2.06 bits per heavy atom. The lowest BCUT2D eigenvalue weighted by atomic mass is 10.1. The molecular formula is C22H31N5O3S. The third-order valence-electron chi connectivity index (χ3n) is 5.35. The Labute approximate surface area is 187 Å². The molecule has 0 aliphatic carbocycles. The molecule has 1 aliphatic rings. The van der Waals surface area contributed by atoms with Crippen LogP contribution in [0.25, 0.3) is 0 Å². The van der Waals surface area contributed by atoms with Crippen LogP contribution in [-0.2, 0) is 29.1 Å². The van der Waals surface area contributed by atoms with Gasteiger partial charge in [-0.15, -0.1) is 10.2 Å². The zero-order valence-electron chi connectivity index (χ0n) is 18.3. The van der Waals surface area contributed by atoms with Crippen LogP contribution in [0.5, 0.6) is 5.75 Å². The third kappa shape index (κ3) is 6.46. The van der Waals surface area contributed by atoms with Gasteiger partial charge < -0.3 is 19.5 Å². The molecular weight excluding hydrogens is 414 g/mol. The van der Waals surface area contributed by atoms with E-state index < -0.39 is 0 Å². The highest BCUT2D eigenvalue weighted by Gasteiger charge is 2.21. The smallest absolute Gasteiger partial charge is 0.230 e. The molecule has 3 rings (SSSR count). The Kier molecular flexibility index (Phi) is 8.75. The molecule has 0 unspecified atom stereocenters. The van der Waals surface area contributed by atoms with Gasteiger partial charge in [-0.2, -0.15) is 0 Å². The second-order valence-electron chi connectivity index (χ2n) is 7.47. The molecule has 0 spiro atoms. The molecule has 31 heavy (non-hydrogen) atoms. The first-order valence-corrected chi connectivity index (χ1v) is 11.8. The van der Waals surface area contributed by atoms with Crippen molar-refractivity contribution < 1.29 is 14.3 Å². The molecule has 9 heteroatoms. The number of nitrogens with one attached hydrogen (secondary N) is 1. The van der Waals surface area contributed by atoms with E-state index in [-0.39, 0.29) is 17.6 Å². The SMILES string of the molecule is CCn1c(CN2CCCCCC2=O)nnc1SCC(=O)NCCc1ccccc1OC. The van der Waals surface area contributed by atoms with Gasteiger partial charge in [0.2, 0.25) is 11.8 Å². The fraction of sp³-hybridized carbons (Fsp3) is 0.545. The number of para-hydroxylation sites is 1. The van der Waals surface area contributed by atoms with E-state index in [0.29, 0.717) is 37.6 Å². The number of carbonyl (C=O) groups is 2. The summed E-state index contributed by atoms with van der Waals surface area (Å²) < 4.78 is 7.34. The molecule has 1 fully saturated rings. The average molecular weight is 446 g/mol. The first kappa shape index (κ1) is 23.1. The Balaban J connectivity index is 1.49. The predicted octanol–water partition coefficient (Wildman–Crippen LogP) is 2.66. The van der Waals surface area contributed by atoms with E-state index in [4.69, 9.17) is 4.74 Å². The highest BCUT2D eigenvalue weighted by Crippen LogP contribution is 2.20. The number of thioether (sulfide) groups is 1. The summed E-state index contributed by atoms with van der Waals surface area (Å²) in [7, 11) is 1.65. The van der Waals surface area contributed by atoms with Crippen molar-refractivity contribution >= 4 is 23.6 Å². The molecule has 8 nitrogen and oxygen atoms in total. The van der Waals surface area contributed by atoms with Crippen LogP contribution in [0.2, 0.25) is 0 Å². The second kappa shape index (κ2) is 11.7. The van der Waals surface area contributed by atoms with Crippen LogP contribution in [0.4, 0.5) is 0 Å².